The lowest BCUT2D eigenvalue weighted by molar-refractivity contribution is 0.334. The van der Waals surface area contributed by atoms with E-state index in [9.17, 15) is 0 Å². The van der Waals surface area contributed by atoms with Gasteiger partial charge in [0.2, 0.25) is 0 Å². The number of allylic oxidation sites excluding steroid dienone is 6. The molecule has 0 bridgehead atoms. The first kappa shape index (κ1) is 12.7. The Morgan fingerprint density at radius 3 is 2.65 bits per heavy atom. The molecule has 0 aromatic carbocycles. The van der Waals surface area contributed by atoms with Crippen LogP contribution in [0, 0.1) is 11.3 Å². The van der Waals surface area contributed by atoms with E-state index >= 15 is 0 Å². The minimum atomic E-state index is 0.534. The predicted molar refractivity (Wildman–Crippen MR) is 76.0 cm³/mol. The topological polar surface area (TPSA) is 0 Å². The van der Waals surface area contributed by atoms with Crippen LogP contribution in [0.3, 0.4) is 0 Å². The number of hydrogen-bond donors (Lipinski definition) is 0. The molecular weight excluding hydrogens is 204 g/mol. The SMILES string of the molecule is CC1CCC2(/C=C/C=C\C=C\CCCCC2)C1. The molecule has 2 rings (SSSR count). The van der Waals surface area contributed by atoms with Gasteiger partial charge in [0.1, 0.15) is 0 Å². The average molecular weight is 230 g/mol. The van der Waals surface area contributed by atoms with Gasteiger partial charge < -0.3 is 0 Å². The Hall–Kier alpha value is -0.780. The van der Waals surface area contributed by atoms with Crippen LogP contribution >= 0.6 is 0 Å². The normalized spacial score (nSPS) is 40.4. The molecule has 1 saturated carbocycles. The zero-order valence-electron chi connectivity index (χ0n) is 11.2. The maximum atomic E-state index is 2.50. The summed E-state index contributed by atoms with van der Waals surface area (Å²) in [5.41, 5.74) is 0.534. The summed E-state index contributed by atoms with van der Waals surface area (Å²) in [6.45, 7) is 2.41. The molecule has 17 heavy (non-hydrogen) atoms. The molecule has 2 unspecified atom stereocenters. The van der Waals surface area contributed by atoms with Gasteiger partial charge >= 0.3 is 0 Å². The highest BCUT2D eigenvalue weighted by atomic mass is 14.4. The third-order valence-corrected chi connectivity index (χ3v) is 4.35. The van der Waals surface area contributed by atoms with Crippen molar-refractivity contribution in [3.63, 3.8) is 0 Å². The minimum Gasteiger partial charge on any atom is -0.0845 e. The molecule has 1 fully saturated rings. The predicted octanol–water partition coefficient (Wildman–Crippen LogP) is 5.43. The Morgan fingerprint density at radius 1 is 0.941 bits per heavy atom. The molecule has 2 aliphatic rings. The van der Waals surface area contributed by atoms with E-state index in [1.165, 1.54) is 51.4 Å². The number of rotatable bonds is 0. The summed E-state index contributed by atoms with van der Waals surface area (Å²) >= 11 is 0. The van der Waals surface area contributed by atoms with Crippen molar-refractivity contribution >= 4 is 0 Å². The number of hydrogen-bond acceptors (Lipinski definition) is 0. The Kier molecular flexibility index (Phi) is 4.65. The van der Waals surface area contributed by atoms with Gasteiger partial charge in [-0.05, 0) is 49.9 Å². The van der Waals surface area contributed by atoms with Crippen LogP contribution < -0.4 is 0 Å². The third-order valence-electron chi connectivity index (χ3n) is 4.35. The smallest absolute Gasteiger partial charge is 0.0112 e. The van der Waals surface area contributed by atoms with Crippen LogP contribution in [-0.4, -0.2) is 0 Å². The van der Waals surface area contributed by atoms with Crippen LogP contribution in [-0.2, 0) is 0 Å². The molecule has 2 atom stereocenters. The quantitative estimate of drug-likeness (QED) is 0.521. The van der Waals surface area contributed by atoms with Gasteiger partial charge in [0.05, 0.1) is 0 Å². The molecule has 2 aliphatic carbocycles. The van der Waals surface area contributed by atoms with Crippen molar-refractivity contribution in [2.75, 3.05) is 0 Å². The first-order valence-corrected chi connectivity index (χ1v) is 7.32. The van der Waals surface area contributed by atoms with Crippen molar-refractivity contribution in [2.45, 2.75) is 58.3 Å². The van der Waals surface area contributed by atoms with E-state index in [0.29, 0.717) is 5.41 Å². The first-order valence-electron chi connectivity index (χ1n) is 7.32. The van der Waals surface area contributed by atoms with Crippen LogP contribution in [0.4, 0.5) is 0 Å². The van der Waals surface area contributed by atoms with Gasteiger partial charge in [0.15, 0.2) is 0 Å². The lowest BCUT2D eigenvalue weighted by atomic mass is 9.79. The third kappa shape index (κ3) is 3.87. The molecule has 0 heterocycles. The molecule has 0 aromatic rings. The Labute approximate surface area is 106 Å². The molecule has 0 amide bonds. The van der Waals surface area contributed by atoms with Crippen molar-refractivity contribution < 1.29 is 0 Å². The standard InChI is InChI=1S/C17H26/c1-16-11-14-17(15-16)12-9-7-5-3-2-4-6-8-10-13-17/h2-3,5,7,9,12,16H,4,6,8,10-11,13-15H2,1H3/b3-2+,7-5-,12-9+. The molecule has 0 saturated heterocycles. The summed E-state index contributed by atoms with van der Waals surface area (Å²) in [4.78, 5) is 0. The highest BCUT2D eigenvalue weighted by molar-refractivity contribution is 5.15. The van der Waals surface area contributed by atoms with E-state index in [1.807, 2.05) is 0 Å². The molecular formula is C17H26. The fraction of sp³-hybridized carbons (Fsp3) is 0.647. The van der Waals surface area contributed by atoms with Crippen molar-refractivity contribution in [1.82, 2.24) is 0 Å². The van der Waals surface area contributed by atoms with Crippen LogP contribution in [0.25, 0.3) is 0 Å². The fourth-order valence-electron chi connectivity index (χ4n) is 3.37. The average Bonchev–Trinajstić information content (AvgIpc) is 2.66. The van der Waals surface area contributed by atoms with E-state index in [1.54, 1.807) is 0 Å². The summed E-state index contributed by atoms with van der Waals surface area (Å²) in [6, 6.07) is 0. The minimum absolute atomic E-state index is 0.534. The van der Waals surface area contributed by atoms with Crippen LogP contribution in [0.2, 0.25) is 0 Å². The van der Waals surface area contributed by atoms with Crippen molar-refractivity contribution in [3.8, 4) is 0 Å². The van der Waals surface area contributed by atoms with Gasteiger partial charge in [-0.2, -0.15) is 0 Å². The summed E-state index contributed by atoms with van der Waals surface area (Å²) in [5, 5.41) is 0. The lowest BCUT2D eigenvalue weighted by Crippen LogP contribution is -2.13. The second kappa shape index (κ2) is 6.23. The van der Waals surface area contributed by atoms with Gasteiger partial charge in [0.25, 0.3) is 0 Å². The maximum absolute atomic E-state index is 2.50. The maximum Gasteiger partial charge on any atom is -0.0112 e. The molecule has 0 radical (unpaired) electrons. The zero-order chi connectivity index (χ0) is 12.0. The Morgan fingerprint density at radius 2 is 1.82 bits per heavy atom. The molecule has 0 nitrogen and oxygen atoms in total. The molecule has 0 N–H and O–H groups in total. The highest BCUT2D eigenvalue weighted by Gasteiger charge is 2.34. The van der Waals surface area contributed by atoms with Gasteiger partial charge in [-0.3, -0.25) is 0 Å². The monoisotopic (exact) mass is 230 g/mol. The summed E-state index contributed by atoms with van der Waals surface area (Å²) < 4.78 is 0. The van der Waals surface area contributed by atoms with Gasteiger partial charge in [-0.15, -0.1) is 0 Å². The summed E-state index contributed by atoms with van der Waals surface area (Å²) in [5.74, 6) is 0.927. The van der Waals surface area contributed by atoms with Gasteiger partial charge in [-0.1, -0.05) is 56.2 Å². The summed E-state index contributed by atoms with van der Waals surface area (Å²) in [7, 11) is 0. The van der Waals surface area contributed by atoms with Crippen molar-refractivity contribution in [1.29, 1.82) is 0 Å². The fourth-order valence-corrected chi connectivity index (χ4v) is 3.37. The van der Waals surface area contributed by atoms with Crippen LogP contribution in [0.15, 0.2) is 36.5 Å². The Balaban J connectivity index is 2.05. The zero-order valence-corrected chi connectivity index (χ0v) is 11.2. The van der Waals surface area contributed by atoms with Gasteiger partial charge in [-0.25, -0.2) is 0 Å². The molecule has 0 heteroatoms. The Bertz CT molecular complexity index is 308. The second-order valence-electron chi connectivity index (χ2n) is 5.98. The van der Waals surface area contributed by atoms with Gasteiger partial charge in [0, 0.05) is 0 Å². The van der Waals surface area contributed by atoms with Crippen LogP contribution in [0.1, 0.15) is 58.3 Å². The summed E-state index contributed by atoms with van der Waals surface area (Å²) in [6.07, 6.45) is 24.7. The molecule has 1 spiro atoms. The van der Waals surface area contributed by atoms with E-state index in [4.69, 9.17) is 0 Å². The largest absolute Gasteiger partial charge is 0.0845 e. The lowest BCUT2D eigenvalue weighted by Gasteiger charge is -2.25. The first-order chi connectivity index (χ1) is 8.31. The molecule has 0 aliphatic heterocycles. The highest BCUT2D eigenvalue weighted by Crippen LogP contribution is 2.46. The molecule has 94 valence electrons. The van der Waals surface area contributed by atoms with Crippen molar-refractivity contribution in [2.24, 2.45) is 11.3 Å². The van der Waals surface area contributed by atoms with E-state index in [-0.39, 0.29) is 0 Å². The second-order valence-corrected chi connectivity index (χ2v) is 5.98. The van der Waals surface area contributed by atoms with E-state index < -0.39 is 0 Å². The molecule has 0 aromatic heterocycles. The van der Waals surface area contributed by atoms with E-state index in [0.717, 1.165) is 5.92 Å². The van der Waals surface area contributed by atoms with Crippen LogP contribution in [0.5, 0.6) is 0 Å². The van der Waals surface area contributed by atoms with Crippen molar-refractivity contribution in [3.05, 3.63) is 36.5 Å². The van der Waals surface area contributed by atoms with E-state index in [2.05, 4.69) is 43.4 Å².